The Balaban J connectivity index is 1.77. The van der Waals surface area contributed by atoms with Gasteiger partial charge in [0, 0.05) is 12.0 Å². The van der Waals surface area contributed by atoms with E-state index in [1.807, 2.05) is 18.2 Å². The highest BCUT2D eigenvalue weighted by Gasteiger charge is 2.39. The molecule has 1 saturated carbocycles. The summed E-state index contributed by atoms with van der Waals surface area (Å²) in [5.74, 6) is 0.405. The van der Waals surface area contributed by atoms with Gasteiger partial charge in [0.25, 0.3) is 0 Å². The Morgan fingerprint density at radius 2 is 2.19 bits per heavy atom. The lowest BCUT2D eigenvalue weighted by Crippen LogP contribution is -2.28. The van der Waals surface area contributed by atoms with E-state index >= 15 is 0 Å². The lowest BCUT2D eigenvalue weighted by atomic mass is 10.1. The van der Waals surface area contributed by atoms with Crippen LogP contribution >= 0.6 is 0 Å². The Morgan fingerprint density at radius 1 is 1.44 bits per heavy atom. The van der Waals surface area contributed by atoms with Crippen molar-refractivity contribution in [3.05, 3.63) is 35.9 Å². The van der Waals surface area contributed by atoms with Gasteiger partial charge in [-0.05, 0) is 12.0 Å². The largest absolute Gasteiger partial charge is 0.447 e. The molecule has 2 rings (SSSR count). The smallest absolute Gasteiger partial charge is 0.407 e. The number of amides is 1. The van der Waals surface area contributed by atoms with Crippen molar-refractivity contribution in [2.75, 3.05) is 13.2 Å². The molecule has 2 N–H and O–H groups in total. The Morgan fingerprint density at radius 3 is 2.88 bits per heavy atom. The van der Waals surface area contributed by atoms with Gasteiger partial charge in [-0.1, -0.05) is 30.3 Å². The maximum absolute atomic E-state index is 11.2. The second-order valence-electron chi connectivity index (χ2n) is 3.86. The molecule has 16 heavy (non-hydrogen) atoms. The minimum absolute atomic E-state index is 0.0502. The van der Waals surface area contributed by atoms with Crippen molar-refractivity contribution < 1.29 is 14.6 Å². The predicted octanol–water partition coefficient (Wildman–Crippen LogP) is 1.26. The zero-order chi connectivity index (χ0) is 11.4. The second kappa shape index (κ2) is 4.99. The highest BCUT2D eigenvalue weighted by atomic mass is 16.6. The molecule has 1 aromatic carbocycles. The first-order chi connectivity index (χ1) is 7.81. The summed E-state index contributed by atoms with van der Waals surface area (Å²) in [5, 5.41) is 11.3. The van der Waals surface area contributed by atoms with Gasteiger partial charge in [-0.15, -0.1) is 0 Å². The normalized spacial score (nSPS) is 22.6. The van der Waals surface area contributed by atoms with Crippen molar-refractivity contribution in [1.82, 2.24) is 5.32 Å². The monoisotopic (exact) mass is 221 g/mol. The summed E-state index contributed by atoms with van der Waals surface area (Å²) in [6, 6.07) is 10.3. The highest BCUT2D eigenvalue weighted by molar-refractivity contribution is 5.68. The molecule has 4 heteroatoms. The molecule has 2 atom stereocenters. The van der Waals surface area contributed by atoms with E-state index in [4.69, 9.17) is 9.84 Å². The van der Waals surface area contributed by atoms with Crippen molar-refractivity contribution in [2.24, 2.45) is 0 Å². The van der Waals surface area contributed by atoms with E-state index in [2.05, 4.69) is 17.4 Å². The van der Waals surface area contributed by atoms with Crippen molar-refractivity contribution in [1.29, 1.82) is 0 Å². The minimum atomic E-state index is -0.447. The number of hydrogen-bond acceptors (Lipinski definition) is 3. The maximum Gasteiger partial charge on any atom is 0.407 e. The molecule has 0 aromatic heterocycles. The van der Waals surface area contributed by atoms with Gasteiger partial charge in [0.05, 0.1) is 6.61 Å². The number of alkyl carbamates (subject to hydrolysis) is 1. The molecule has 0 heterocycles. The van der Waals surface area contributed by atoms with E-state index in [0.29, 0.717) is 5.92 Å². The first-order valence-electron chi connectivity index (χ1n) is 5.40. The molecule has 2 unspecified atom stereocenters. The highest BCUT2D eigenvalue weighted by Crippen LogP contribution is 2.40. The number of ether oxygens (including phenoxy) is 1. The van der Waals surface area contributed by atoms with Crippen molar-refractivity contribution in [3.63, 3.8) is 0 Å². The molecule has 1 aromatic rings. The predicted molar refractivity (Wildman–Crippen MR) is 59.2 cm³/mol. The van der Waals surface area contributed by atoms with Gasteiger partial charge in [-0.25, -0.2) is 4.79 Å². The summed E-state index contributed by atoms with van der Waals surface area (Å²) in [6.07, 6.45) is 0.510. The molecular weight excluding hydrogens is 206 g/mol. The number of hydrogen-bond donors (Lipinski definition) is 2. The first-order valence-corrected chi connectivity index (χ1v) is 5.40. The Bertz CT molecular complexity index is 353. The Labute approximate surface area is 94.2 Å². The van der Waals surface area contributed by atoms with E-state index < -0.39 is 6.09 Å². The van der Waals surface area contributed by atoms with Crippen LogP contribution in [0.25, 0.3) is 0 Å². The fourth-order valence-corrected chi connectivity index (χ4v) is 1.75. The van der Waals surface area contributed by atoms with Crippen LogP contribution in [-0.2, 0) is 4.74 Å². The summed E-state index contributed by atoms with van der Waals surface area (Å²) in [6.45, 7) is -0.0885. The molecule has 0 saturated heterocycles. The van der Waals surface area contributed by atoms with Gasteiger partial charge in [-0.3, -0.25) is 0 Å². The van der Waals surface area contributed by atoms with Crippen LogP contribution in [0.5, 0.6) is 0 Å². The van der Waals surface area contributed by atoms with Crippen LogP contribution in [0.4, 0.5) is 4.79 Å². The zero-order valence-electron chi connectivity index (χ0n) is 8.93. The van der Waals surface area contributed by atoms with Crippen LogP contribution in [0, 0.1) is 0 Å². The number of nitrogens with one attached hydrogen (secondary N) is 1. The van der Waals surface area contributed by atoms with E-state index in [-0.39, 0.29) is 19.3 Å². The summed E-state index contributed by atoms with van der Waals surface area (Å²) in [5.41, 5.74) is 1.25. The number of rotatable bonds is 4. The number of aliphatic hydroxyl groups excluding tert-OH is 1. The van der Waals surface area contributed by atoms with Gasteiger partial charge in [0.15, 0.2) is 0 Å². The summed E-state index contributed by atoms with van der Waals surface area (Å²) in [7, 11) is 0. The zero-order valence-corrected chi connectivity index (χ0v) is 8.93. The molecule has 1 amide bonds. The van der Waals surface area contributed by atoms with Crippen LogP contribution in [0.2, 0.25) is 0 Å². The molecule has 0 spiro atoms. The summed E-state index contributed by atoms with van der Waals surface area (Å²) in [4.78, 5) is 11.2. The van der Waals surface area contributed by atoms with Crippen LogP contribution in [0.1, 0.15) is 17.9 Å². The van der Waals surface area contributed by atoms with E-state index in [9.17, 15) is 4.79 Å². The van der Waals surface area contributed by atoms with Crippen molar-refractivity contribution in [2.45, 2.75) is 18.4 Å². The molecule has 0 radical (unpaired) electrons. The molecule has 86 valence electrons. The number of carbonyl (C=O) groups is 1. The summed E-state index contributed by atoms with van der Waals surface area (Å²) >= 11 is 0. The second-order valence-corrected chi connectivity index (χ2v) is 3.86. The third-order valence-corrected chi connectivity index (χ3v) is 2.65. The Kier molecular flexibility index (Phi) is 3.41. The fraction of sp³-hybridized carbons (Fsp3) is 0.417. The molecule has 1 aliphatic carbocycles. The molecule has 0 bridgehead atoms. The fourth-order valence-electron chi connectivity index (χ4n) is 1.75. The van der Waals surface area contributed by atoms with E-state index in [1.54, 1.807) is 0 Å². The lowest BCUT2D eigenvalue weighted by molar-refractivity contribution is 0.118. The molecule has 1 fully saturated rings. The van der Waals surface area contributed by atoms with Gasteiger partial charge < -0.3 is 15.2 Å². The Hall–Kier alpha value is -1.55. The minimum Gasteiger partial charge on any atom is -0.447 e. The summed E-state index contributed by atoms with van der Waals surface area (Å²) < 4.78 is 4.73. The third kappa shape index (κ3) is 2.73. The lowest BCUT2D eigenvalue weighted by Gasteiger charge is -2.05. The van der Waals surface area contributed by atoms with Crippen molar-refractivity contribution in [3.8, 4) is 0 Å². The molecule has 1 aliphatic rings. The number of aliphatic hydroxyl groups is 1. The topological polar surface area (TPSA) is 58.6 Å². The van der Waals surface area contributed by atoms with Crippen molar-refractivity contribution >= 4 is 6.09 Å². The van der Waals surface area contributed by atoms with Gasteiger partial charge in [0.2, 0.25) is 0 Å². The average molecular weight is 221 g/mol. The van der Waals surface area contributed by atoms with Gasteiger partial charge >= 0.3 is 6.09 Å². The third-order valence-electron chi connectivity index (χ3n) is 2.65. The van der Waals surface area contributed by atoms with Crippen LogP contribution in [-0.4, -0.2) is 30.5 Å². The molecule has 4 nitrogen and oxygen atoms in total. The van der Waals surface area contributed by atoms with Crippen LogP contribution < -0.4 is 5.32 Å². The van der Waals surface area contributed by atoms with Gasteiger partial charge in [0.1, 0.15) is 6.61 Å². The maximum atomic E-state index is 11.2. The SMILES string of the molecule is O=C(NC1CC1c1ccccc1)OCCO. The number of carbonyl (C=O) groups excluding carboxylic acids is 1. The average Bonchev–Trinajstić information content (AvgIpc) is 3.07. The first kappa shape index (κ1) is 11.0. The van der Waals surface area contributed by atoms with Gasteiger partial charge in [-0.2, -0.15) is 0 Å². The van der Waals surface area contributed by atoms with Crippen LogP contribution in [0.15, 0.2) is 30.3 Å². The standard InChI is InChI=1S/C12H15NO3/c14-6-7-16-12(15)13-11-8-10(11)9-4-2-1-3-5-9/h1-5,10-11,14H,6-8H2,(H,13,15). The molecule has 0 aliphatic heterocycles. The van der Waals surface area contributed by atoms with E-state index in [0.717, 1.165) is 6.42 Å². The number of benzene rings is 1. The van der Waals surface area contributed by atoms with E-state index in [1.165, 1.54) is 5.56 Å². The molecular formula is C12H15NO3. The quantitative estimate of drug-likeness (QED) is 0.804. The van der Waals surface area contributed by atoms with Crippen LogP contribution in [0.3, 0.4) is 0 Å².